The molecular formula is C12H6BrClO. The molecule has 0 saturated heterocycles. The molecule has 0 N–H and O–H groups in total. The molecule has 3 rings (SSSR count). The summed E-state index contributed by atoms with van der Waals surface area (Å²) < 4.78 is 6.37. The summed E-state index contributed by atoms with van der Waals surface area (Å²) in [5.41, 5.74) is 0.829. The maximum absolute atomic E-state index is 6.31. The summed E-state index contributed by atoms with van der Waals surface area (Å²) in [5.74, 6) is 0. The first-order valence-corrected chi connectivity index (χ1v) is 5.68. The Morgan fingerprint density at radius 3 is 2.80 bits per heavy atom. The predicted octanol–water partition coefficient (Wildman–Crippen LogP) is 5.00. The van der Waals surface area contributed by atoms with Crippen molar-refractivity contribution in [3.63, 3.8) is 0 Å². The van der Waals surface area contributed by atoms with Crippen molar-refractivity contribution in [2.45, 2.75) is 0 Å². The van der Waals surface area contributed by atoms with E-state index in [2.05, 4.69) is 15.9 Å². The van der Waals surface area contributed by atoms with Crippen LogP contribution in [-0.2, 0) is 0 Å². The summed E-state index contributed by atoms with van der Waals surface area (Å²) in [6.45, 7) is 0. The van der Waals surface area contributed by atoms with Crippen LogP contribution in [0.3, 0.4) is 0 Å². The Bertz CT molecular complexity index is 657. The van der Waals surface area contributed by atoms with Crippen molar-refractivity contribution in [2.24, 2.45) is 0 Å². The van der Waals surface area contributed by atoms with Crippen molar-refractivity contribution in [2.75, 3.05) is 0 Å². The van der Waals surface area contributed by atoms with Gasteiger partial charge >= 0.3 is 0 Å². The standard InChI is InChI=1S/C12H6BrClO/c13-8-2-1-7-5-11-9(3-4-15-11)12(14)10(7)6-8/h1-6H. The smallest absolute Gasteiger partial charge is 0.135 e. The molecule has 0 unspecified atom stereocenters. The first-order chi connectivity index (χ1) is 7.25. The van der Waals surface area contributed by atoms with E-state index < -0.39 is 0 Å². The average molecular weight is 282 g/mol. The van der Waals surface area contributed by atoms with Crippen LogP contribution >= 0.6 is 27.5 Å². The van der Waals surface area contributed by atoms with Gasteiger partial charge in [0, 0.05) is 15.2 Å². The SMILES string of the molecule is Clc1c2cc(Br)ccc2cc2occc12. The second-order valence-corrected chi connectivity index (χ2v) is 4.68. The minimum atomic E-state index is 0.748. The second kappa shape index (κ2) is 3.26. The molecular weight excluding hydrogens is 275 g/mol. The van der Waals surface area contributed by atoms with Gasteiger partial charge in [-0.2, -0.15) is 0 Å². The molecule has 0 aliphatic heterocycles. The Labute approximate surface area is 99.8 Å². The monoisotopic (exact) mass is 280 g/mol. The van der Waals surface area contributed by atoms with E-state index in [1.165, 1.54) is 0 Å². The second-order valence-electron chi connectivity index (χ2n) is 3.39. The maximum Gasteiger partial charge on any atom is 0.135 e. The number of fused-ring (bicyclic) bond motifs is 2. The number of hydrogen-bond donors (Lipinski definition) is 0. The Hall–Kier alpha value is -0.990. The van der Waals surface area contributed by atoms with Gasteiger partial charge in [0.1, 0.15) is 5.58 Å². The molecule has 2 aromatic carbocycles. The lowest BCUT2D eigenvalue weighted by Gasteiger charge is -2.02. The lowest BCUT2D eigenvalue weighted by Crippen LogP contribution is -1.76. The van der Waals surface area contributed by atoms with Crippen molar-refractivity contribution in [1.82, 2.24) is 0 Å². The highest BCUT2D eigenvalue weighted by atomic mass is 79.9. The first-order valence-electron chi connectivity index (χ1n) is 4.51. The van der Waals surface area contributed by atoms with Gasteiger partial charge < -0.3 is 4.42 Å². The van der Waals surface area contributed by atoms with Crippen molar-refractivity contribution < 1.29 is 4.42 Å². The summed E-state index contributed by atoms with van der Waals surface area (Å²) in [4.78, 5) is 0. The summed E-state index contributed by atoms with van der Waals surface area (Å²) in [5, 5.41) is 3.84. The van der Waals surface area contributed by atoms with Gasteiger partial charge in [0.2, 0.25) is 0 Å². The molecule has 0 aliphatic rings. The van der Waals surface area contributed by atoms with Gasteiger partial charge in [0.05, 0.1) is 11.3 Å². The van der Waals surface area contributed by atoms with E-state index in [-0.39, 0.29) is 0 Å². The van der Waals surface area contributed by atoms with Gasteiger partial charge in [0.25, 0.3) is 0 Å². The number of benzene rings is 2. The molecule has 74 valence electrons. The maximum atomic E-state index is 6.31. The fourth-order valence-electron chi connectivity index (χ4n) is 1.74. The van der Waals surface area contributed by atoms with Gasteiger partial charge in [0.15, 0.2) is 0 Å². The predicted molar refractivity (Wildman–Crippen MR) is 66.4 cm³/mol. The zero-order chi connectivity index (χ0) is 10.4. The number of halogens is 2. The Morgan fingerprint density at radius 1 is 1.07 bits per heavy atom. The lowest BCUT2D eigenvalue weighted by molar-refractivity contribution is 0.616. The van der Waals surface area contributed by atoms with Crippen molar-refractivity contribution in [1.29, 1.82) is 0 Å². The Balaban J connectivity index is 2.58. The van der Waals surface area contributed by atoms with Crippen LogP contribution in [0.2, 0.25) is 5.02 Å². The Kier molecular flexibility index (Phi) is 2.01. The minimum Gasteiger partial charge on any atom is -0.464 e. The van der Waals surface area contributed by atoms with Crippen LogP contribution in [0.4, 0.5) is 0 Å². The highest BCUT2D eigenvalue weighted by Gasteiger charge is 2.07. The van der Waals surface area contributed by atoms with Crippen molar-refractivity contribution >= 4 is 49.3 Å². The van der Waals surface area contributed by atoms with Crippen LogP contribution in [0, 0.1) is 0 Å². The van der Waals surface area contributed by atoms with Gasteiger partial charge in [-0.25, -0.2) is 0 Å². The molecule has 0 fully saturated rings. The van der Waals surface area contributed by atoms with Crippen LogP contribution in [0.25, 0.3) is 21.7 Å². The summed E-state index contributed by atoms with van der Waals surface area (Å²) >= 11 is 9.75. The van der Waals surface area contributed by atoms with Gasteiger partial charge in [-0.3, -0.25) is 0 Å². The molecule has 1 heterocycles. The third-order valence-corrected chi connectivity index (χ3v) is 3.37. The first kappa shape index (κ1) is 9.25. The molecule has 0 atom stereocenters. The highest BCUT2D eigenvalue weighted by molar-refractivity contribution is 9.10. The largest absolute Gasteiger partial charge is 0.464 e. The summed E-state index contributed by atoms with van der Waals surface area (Å²) in [6.07, 6.45) is 1.66. The molecule has 15 heavy (non-hydrogen) atoms. The zero-order valence-corrected chi connectivity index (χ0v) is 9.97. The van der Waals surface area contributed by atoms with Crippen LogP contribution in [-0.4, -0.2) is 0 Å². The van der Waals surface area contributed by atoms with Crippen LogP contribution in [0.5, 0.6) is 0 Å². The number of furan rings is 1. The molecule has 1 aromatic heterocycles. The van der Waals surface area contributed by atoms with Crippen LogP contribution in [0.1, 0.15) is 0 Å². The summed E-state index contributed by atoms with van der Waals surface area (Å²) in [7, 11) is 0. The van der Waals surface area contributed by atoms with E-state index in [1.807, 2.05) is 30.3 Å². The van der Waals surface area contributed by atoms with Crippen LogP contribution < -0.4 is 0 Å². The van der Waals surface area contributed by atoms with Crippen molar-refractivity contribution in [3.05, 3.63) is 46.1 Å². The van der Waals surface area contributed by atoms with Crippen LogP contribution in [0.15, 0.2) is 45.5 Å². The average Bonchev–Trinajstić information content (AvgIpc) is 2.68. The topological polar surface area (TPSA) is 13.1 Å². The molecule has 0 bridgehead atoms. The number of hydrogen-bond acceptors (Lipinski definition) is 1. The molecule has 0 saturated carbocycles. The third-order valence-electron chi connectivity index (χ3n) is 2.47. The van der Waals surface area contributed by atoms with E-state index in [9.17, 15) is 0 Å². The quantitative estimate of drug-likeness (QED) is 0.565. The molecule has 0 amide bonds. The zero-order valence-electron chi connectivity index (χ0n) is 7.63. The van der Waals surface area contributed by atoms with E-state index in [4.69, 9.17) is 16.0 Å². The van der Waals surface area contributed by atoms with Gasteiger partial charge in [-0.15, -0.1) is 0 Å². The summed E-state index contributed by atoms with van der Waals surface area (Å²) in [6, 6.07) is 9.92. The fraction of sp³-hybridized carbons (Fsp3) is 0. The molecule has 1 nitrogen and oxygen atoms in total. The normalized spacial score (nSPS) is 11.3. The molecule has 3 heteroatoms. The molecule has 3 aromatic rings. The number of rotatable bonds is 0. The Morgan fingerprint density at radius 2 is 1.93 bits per heavy atom. The van der Waals surface area contributed by atoms with E-state index in [0.29, 0.717) is 0 Å². The molecule has 0 radical (unpaired) electrons. The molecule has 0 spiro atoms. The van der Waals surface area contributed by atoms with E-state index in [0.717, 1.165) is 31.2 Å². The van der Waals surface area contributed by atoms with Gasteiger partial charge in [-0.1, -0.05) is 33.6 Å². The third kappa shape index (κ3) is 1.36. The minimum absolute atomic E-state index is 0.748. The molecule has 0 aliphatic carbocycles. The van der Waals surface area contributed by atoms with Crippen molar-refractivity contribution in [3.8, 4) is 0 Å². The van der Waals surface area contributed by atoms with Gasteiger partial charge in [-0.05, 0) is 29.7 Å². The van der Waals surface area contributed by atoms with E-state index >= 15 is 0 Å². The highest BCUT2D eigenvalue weighted by Crippen LogP contribution is 2.34. The lowest BCUT2D eigenvalue weighted by atomic mass is 10.1. The fourth-order valence-corrected chi connectivity index (χ4v) is 2.43. The van der Waals surface area contributed by atoms with E-state index in [1.54, 1.807) is 6.26 Å².